The van der Waals surface area contributed by atoms with Crippen molar-refractivity contribution < 1.29 is 4.74 Å². The third kappa shape index (κ3) is 2.06. The van der Waals surface area contributed by atoms with Gasteiger partial charge in [-0.1, -0.05) is 0 Å². The van der Waals surface area contributed by atoms with E-state index in [1.807, 2.05) is 0 Å². The van der Waals surface area contributed by atoms with E-state index in [4.69, 9.17) is 4.74 Å². The van der Waals surface area contributed by atoms with Crippen LogP contribution in [0.5, 0.6) is 0 Å². The molecule has 0 aliphatic rings. The Balaban J connectivity index is 3.31. The lowest BCUT2D eigenvalue weighted by molar-refractivity contribution is 0.0151. The zero-order valence-corrected chi connectivity index (χ0v) is 7.80. The molecule has 1 rings (SSSR count). The van der Waals surface area contributed by atoms with Crippen LogP contribution in [0.1, 0.15) is 19.5 Å². The quantitative estimate of drug-likeness (QED) is 0.676. The van der Waals surface area contributed by atoms with Crippen LogP contribution in [0.2, 0.25) is 0 Å². The van der Waals surface area contributed by atoms with Crippen LogP contribution < -0.4 is 11.2 Å². The van der Waals surface area contributed by atoms with Crippen molar-refractivity contribution in [3.8, 4) is 0 Å². The maximum atomic E-state index is 10.9. The van der Waals surface area contributed by atoms with Crippen LogP contribution in [0, 0.1) is 0 Å². The van der Waals surface area contributed by atoms with Crippen molar-refractivity contribution in [2.45, 2.75) is 19.4 Å². The Hall–Kier alpha value is -1.36. The van der Waals surface area contributed by atoms with Gasteiger partial charge in [-0.05, 0) is 13.8 Å². The summed E-state index contributed by atoms with van der Waals surface area (Å²) in [5, 5.41) is 0. The van der Waals surface area contributed by atoms with Crippen molar-refractivity contribution in [3.63, 3.8) is 0 Å². The summed E-state index contributed by atoms with van der Waals surface area (Å²) in [5.41, 5.74) is -1.15. The molecule has 13 heavy (non-hydrogen) atoms. The normalized spacial score (nSPS) is 11.6. The fourth-order valence-electron chi connectivity index (χ4n) is 0.903. The minimum absolute atomic E-state index is 0.427. The molecule has 0 spiro atoms. The van der Waals surface area contributed by atoms with Crippen molar-refractivity contribution in [1.82, 2.24) is 9.97 Å². The summed E-state index contributed by atoms with van der Waals surface area (Å²) in [6.45, 7) is 3.52. The molecular weight excluding hydrogens is 172 g/mol. The number of aromatic amines is 2. The second-order valence-corrected chi connectivity index (χ2v) is 3.22. The Labute approximate surface area is 74.8 Å². The zero-order valence-electron chi connectivity index (χ0n) is 7.80. The summed E-state index contributed by atoms with van der Waals surface area (Å²) in [7, 11) is 1.51. The number of hydrogen-bond acceptors (Lipinski definition) is 3. The Morgan fingerprint density at radius 1 is 1.31 bits per heavy atom. The molecule has 0 aliphatic carbocycles. The molecular formula is C8H12N2O3. The molecule has 5 nitrogen and oxygen atoms in total. The molecule has 0 fully saturated rings. The van der Waals surface area contributed by atoms with Gasteiger partial charge in [-0.15, -0.1) is 0 Å². The molecule has 0 amide bonds. The third-order valence-corrected chi connectivity index (χ3v) is 1.92. The fourth-order valence-corrected chi connectivity index (χ4v) is 0.903. The van der Waals surface area contributed by atoms with Gasteiger partial charge in [-0.25, -0.2) is 4.79 Å². The van der Waals surface area contributed by atoms with Crippen LogP contribution >= 0.6 is 0 Å². The average Bonchev–Trinajstić information content (AvgIpc) is 2.02. The summed E-state index contributed by atoms with van der Waals surface area (Å²) in [6.07, 6.45) is 0. The van der Waals surface area contributed by atoms with E-state index in [-0.39, 0.29) is 0 Å². The Morgan fingerprint density at radius 2 is 1.92 bits per heavy atom. The van der Waals surface area contributed by atoms with Gasteiger partial charge in [-0.2, -0.15) is 0 Å². The lowest BCUT2D eigenvalue weighted by Gasteiger charge is -2.21. The molecule has 0 bridgehead atoms. The number of hydrogen-bond donors (Lipinski definition) is 2. The molecule has 1 heterocycles. The topological polar surface area (TPSA) is 75.0 Å². The molecule has 72 valence electrons. The van der Waals surface area contributed by atoms with Crippen molar-refractivity contribution in [2.75, 3.05) is 7.11 Å². The zero-order chi connectivity index (χ0) is 10.1. The highest BCUT2D eigenvalue weighted by molar-refractivity contribution is 5.07. The van der Waals surface area contributed by atoms with Crippen LogP contribution in [0.4, 0.5) is 0 Å². The summed E-state index contributed by atoms with van der Waals surface area (Å²) >= 11 is 0. The van der Waals surface area contributed by atoms with Crippen molar-refractivity contribution in [3.05, 3.63) is 32.6 Å². The number of rotatable bonds is 2. The van der Waals surface area contributed by atoms with Gasteiger partial charge in [0.15, 0.2) is 0 Å². The van der Waals surface area contributed by atoms with Gasteiger partial charge in [0.2, 0.25) is 0 Å². The molecule has 0 aromatic carbocycles. The van der Waals surface area contributed by atoms with Gasteiger partial charge in [0.25, 0.3) is 5.56 Å². The maximum absolute atomic E-state index is 10.9. The SMILES string of the molecule is COC(C)(C)c1cc(=O)[nH]c(=O)[nH]1. The molecule has 1 aromatic heterocycles. The minimum Gasteiger partial charge on any atom is -0.373 e. The van der Waals surface area contributed by atoms with E-state index in [9.17, 15) is 9.59 Å². The van der Waals surface area contributed by atoms with E-state index in [1.54, 1.807) is 13.8 Å². The smallest absolute Gasteiger partial charge is 0.325 e. The lowest BCUT2D eigenvalue weighted by Crippen LogP contribution is -2.30. The van der Waals surface area contributed by atoms with E-state index in [1.165, 1.54) is 13.2 Å². The van der Waals surface area contributed by atoms with E-state index >= 15 is 0 Å². The number of aromatic nitrogens is 2. The molecule has 0 aliphatic heterocycles. The molecule has 2 N–H and O–H groups in total. The molecule has 0 unspecified atom stereocenters. The van der Waals surface area contributed by atoms with Gasteiger partial charge >= 0.3 is 5.69 Å². The second-order valence-electron chi connectivity index (χ2n) is 3.22. The molecule has 0 saturated heterocycles. The van der Waals surface area contributed by atoms with Crippen molar-refractivity contribution in [1.29, 1.82) is 0 Å². The van der Waals surface area contributed by atoms with Gasteiger partial charge in [0.1, 0.15) is 5.60 Å². The second kappa shape index (κ2) is 3.18. The number of methoxy groups -OCH3 is 1. The minimum atomic E-state index is -0.659. The Morgan fingerprint density at radius 3 is 2.38 bits per heavy atom. The Bertz CT molecular complexity index is 374. The van der Waals surface area contributed by atoms with E-state index in [0.29, 0.717) is 5.69 Å². The van der Waals surface area contributed by atoms with Crippen LogP contribution in [0.15, 0.2) is 15.7 Å². The molecule has 1 aromatic rings. The highest BCUT2D eigenvalue weighted by Gasteiger charge is 2.20. The molecule has 0 saturated carbocycles. The number of H-pyrrole nitrogens is 2. The van der Waals surface area contributed by atoms with E-state index in [0.717, 1.165) is 0 Å². The number of ether oxygens (including phenoxy) is 1. The van der Waals surface area contributed by atoms with Gasteiger partial charge < -0.3 is 9.72 Å². The van der Waals surface area contributed by atoms with Crippen molar-refractivity contribution >= 4 is 0 Å². The molecule has 5 heteroatoms. The highest BCUT2D eigenvalue weighted by Crippen LogP contribution is 2.18. The standard InChI is InChI=1S/C8H12N2O3/c1-8(2,13-3)5-4-6(11)10-7(12)9-5/h4H,1-3H3,(H2,9,10,11,12). The Kier molecular flexibility index (Phi) is 2.38. The lowest BCUT2D eigenvalue weighted by atomic mass is 10.1. The first-order valence-electron chi connectivity index (χ1n) is 3.85. The molecule has 0 radical (unpaired) electrons. The first-order chi connectivity index (χ1) is 5.95. The summed E-state index contributed by atoms with van der Waals surface area (Å²) in [5.74, 6) is 0. The first kappa shape index (κ1) is 9.73. The largest absolute Gasteiger partial charge is 0.373 e. The third-order valence-electron chi connectivity index (χ3n) is 1.92. The van der Waals surface area contributed by atoms with Gasteiger partial charge in [-0.3, -0.25) is 9.78 Å². The van der Waals surface area contributed by atoms with Crippen LogP contribution in [-0.4, -0.2) is 17.1 Å². The predicted octanol–water partition coefficient (Wildman–Crippen LogP) is -0.0553. The van der Waals surface area contributed by atoms with Crippen LogP contribution in [0.25, 0.3) is 0 Å². The maximum Gasteiger partial charge on any atom is 0.325 e. The first-order valence-corrected chi connectivity index (χ1v) is 3.85. The van der Waals surface area contributed by atoms with E-state index in [2.05, 4.69) is 9.97 Å². The summed E-state index contributed by atoms with van der Waals surface area (Å²) in [4.78, 5) is 26.4. The number of nitrogens with one attached hydrogen (secondary N) is 2. The summed E-state index contributed by atoms with van der Waals surface area (Å²) < 4.78 is 5.11. The molecule has 0 atom stereocenters. The monoisotopic (exact) mass is 184 g/mol. The highest BCUT2D eigenvalue weighted by atomic mass is 16.5. The van der Waals surface area contributed by atoms with Crippen LogP contribution in [0.3, 0.4) is 0 Å². The fraction of sp³-hybridized carbons (Fsp3) is 0.500. The van der Waals surface area contributed by atoms with Crippen LogP contribution in [-0.2, 0) is 10.3 Å². The van der Waals surface area contributed by atoms with E-state index < -0.39 is 16.9 Å². The predicted molar refractivity (Wildman–Crippen MR) is 47.7 cm³/mol. The van der Waals surface area contributed by atoms with Crippen molar-refractivity contribution in [2.24, 2.45) is 0 Å². The van der Waals surface area contributed by atoms with Gasteiger partial charge in [0.05, 0.1) is 5.69 Å². The summed E-state index contributed by atoms with van der Waals surface area (Å²) in [6, 6.07) is 1.31. The average molecular weight is 184 g/mol. The van der Waals surface area contributed by atoms with Gasteiger partial charge in [0, 0.05) is 13.2 Å².